The predicted octanol–water partition coefficient (Wildman–Crippen LogP) is 5.65. The van der Waals surface area contributed by atoms with Crippen molar-refractivity contribution in [2.24, 2.45) is 11.8 Å². The summed E-state index contributed by atoms with van der Waals surface area (Å²) in [5.74, 6) is -0.0782. The molecule has 0 aromatic heterocycles. The summed E-state index contributed by atoms with van der Waals surface area (Å²) in [7, 11) is 0. The summed E-state index contributed by atoms with van der Waals surface area (Å²) in [6, 6.07) is 0. The monoisotopic (exact) mass is 270 g/mol. The van der Waals surface area contributed by atoms with E-state index in [9.17, 15) is 9.90 Å². The zero-order chi connectivity index (χ0) is 14.5. The van der Waals surface area contributed by atoms with E-state index in [0.29, 0.717) is 5.92 Å². The fourth-order valence-corrected chi connectivity index (χ4v) is 2.72. The molecule has 0 bridgehead atoms. The van der Waals surface area contributed by atoms with E-state index in [1.165, 1.54) is 44.9 Å². The van der Waals surface area contributed by atoms with Crippen LogP contribution in [0.5, 0.6) is 0 Å². The van der Waals surface area contributed by atoms with Crippen LogP contribution in [0.25, 0.3) is 0 Å². The molecule has 0 aliphatic carbocycles. The van der Waals surface area contributed by atoms with Gasteiger partial charge in [0.1, 0.15) is 0 Å². The van der Waals surface area contributed by atoms with Gasteiger partial charge in [-0.1, -0.05) is 78.6 Å². The average molecular weight is 270 g/mol. The van der Waals surface area contributed by atoms with Crippen molar-refractivity contribution in [2.75, 3.05) is 0 Å². The molecule has 19 heavy (non-hydrogen) atoms. The van der Waals surface area contributed by atoms with E-state index in [2.05, 4.69) is 20.8 Å². The molecule has 0 saturated carbocycles. The predicted molar refractivity (Wildman–Crippen MR) is 82.4 cm³/mol. The number of carboxylic acids is 1. The first kappa shape index (κ1) is 18.5. The van der Waals surface area contributed by atoms with Gasteiger partial charge >= 0.3 is 5.97 Å². The molecule has 2 unspecified atom stereocenters. The minimum atomic E-state index is -0.578. The van der Waals surface area contributed by atoms with Crippen molar-refractivity contribution < 1.29 is 9.90 Å². The van der Waals surface area contributed by atoms with Crippen LogP contribution in [-0.2, 0) is 4.79 Å². The van der Waals surface area contributed by atoms with E-state index in [1.54, 1.807) is 0 Å². The summed E-state index contributed by atoms with van der Waals surface area (Å²) < 4.78 is 0. The molecule has 0 fully saturated rings. The molecule has 0 aromatic carbocycles. The maximum Gasteiger partial charge on any atom is 0.306 e. The number of carbonyl (C=O) groups is 1. The number of aliphatic carboxylic acids is 1. The molecule has 0 aromatic rings. The van der Waals surface area contributed by atoms with Crippen molar-refractivity contribution in [3.8, 4) is 0 Å². The summed E-state index contributed by atoms with van der Waals surface area (Å²) in [5, 5.41) is 9.35. The Hall–Kier alpha value is -0.530. The largest absolute Gasteiger partial charge is 0.481 e. The van der Waals surface area contributed by atoms with Crippen molar-refractivity contribution in [2.45, 2.75) is 91.4 Å². The summed E-state index contributed by atoms with van der Waals surface area (Å²) in [6.07, 6.45) is 12.6. The Labute approximate surface area is 120 Å². The average Bonchev–Trinajstić information content (AvgIpc) is 2.40. The fraction of sp³-hybridized carbons (Fsp3) is 0.941. The first-order valence-corrected chi connectivity index (χ1v) is 8.38. The Bertz CT molecular complexity index is 213. The van der Waals surface area contributed by atoms with Crippen molar-refractivity contribution in [1.82, 2.24) is 0 Å². The lowest BCUT2D eigenvalue weighted by atomic mass is 9.86. The fourth-order valence-electron chi connectivity index (χ4n) is 2.72. The first-order chi connectivity index (χ1) is 9.15. The van der Waals surface area contributed by atoms with Crippen LogP contribution < -0.4 is 0 Å². The van der Waals surface area contributed by atoms with Crippen LogP contribution in [0.15, 0.2) is 0 Å². The Kier molecular flexibility index (Phi) is 12.2. The molecule has 2 atom stereocenters. The molecular formula is C17H34O2. The van der Waals surface area contributed by atoms with E-state index in [1.807, 2.05) is 0 Å². The van der Waals surface area contributed by atoms with Crippen LogP contribution in [0.3, 0.4) is 0 Å². The number of hydrogen-bond donors (Lipinski definition) is 1. The molecule has 0 amide bonds. The number of hydrogen-bond acceptors (Lipinski definition) is 1. The van der Waals surface area contributed by atoms with Gasteiger partial charge in [-0.15, -0.1) is 0 Å². The first-order valence-electron chi connectivity index (χ1n) is 8.38. The third-order valence-corrected chi connectivity index (χ3v) is 4.17. The van der Waals surface area contributed by atoms with E-state index in [-0.39, 0.29) is 5.92 Å². The molecule has 0 spiro atoms. The Morgan fingerprint density at radius 3 is 2.05 bits per heavy atom. The highest BCUT2D eigenvalue weighted by atomic mass is 16.4. The third-order valence-electron chi connectivity index (χ3n) is 4.17. The van der Waals surface area contributed by atoms with Crippen LogP contribution >= 0.6 is 0 Å². The van der Waals surface area contributed by atoms with Crippen LogP contribution in [0.2, 0.25) is 0 Å². The zero-order valence-electron chi connectivity index (χ0n) is 13.3. The van der Waals surface area contributed by atoms with Gasteiger partial charge in [0.15, 0.2) is 0 Å². The van der Waals surface area contributed by atoms with E-state index in [4.69, 9.17) is 0 Å². The molecule has 0 radical (unpaired) electrons. The molecule has 0 saturated heterocycles. The summed E-state index contributed by atoms with van der Waals surface area (Å²) in [4.78, 5) is 11.3. The van der Waals surface area contributed by atoms with Crippen LogP contribution in [-0.4, -0.2) is 11.1 Å². The number of rotatable bonds is 13. The molecule has 0 aliphatic rings. The molecule has 0 aliphatic heterocycles. The normalized spacial score (nSPS) is 14.3. The van der Waals surface area contributed by atoms with Gasteiger partial charge in [0.05, 0.1) is 5.92 Å². The zero-order valence-corrected chi connectivity index (χ0v) is 13.3. The van der Waals surface area contributed by atoms with Crippen molar-refractivity contribution in [1.29, 1.82) is 0 Å². The lowest BCUT2D eigenvalue weighted by molar-refractivity contribution is -0.142. The Morgan fingerprint density at radius 2 is 1.53 bits per heavy atom. The second-order valence-electron chi connectivity index (χ2n) is 5.89. The highest BCUT2D eigenvalue weighted by molar-refractivity contribution is 5.69. The standard InChI is InChI=1S/C17H34O2/c1-4-7-9-10-11-13-16(17(18)19)14-15(6-3)12-8-5-2/h15-16H,4-14H2,1-3H3,(H,18,19). The van der Waals surface area contributed by atoms with Crippen LogP contribution in [0, 0.1) is 11.8 Å². The van der Waals surface area contributed by atoms with Crippen LogP contribution in [0.4, 0.5) is 0 Å². The minimum absolute atomic E-state index is 0.108. The molecule has 1 N–H and O–H groups in total. The molecule has 114 valence electrons. The van der Waals surface area contributed by atoms with Crippen molar-refractivity contribution in [3.05, 3.63) is 0 Å². The van der Waals surface area contributed by atoms with Crippen molar-refractivity contribution in [3.63, 3.8) is 0 Å². The van der Waals surface area contributed by atoms with Gasteiger partial charge in [-0.05, 0) is 18.8 Å². The molecular weight excluding hydrogens is 236 g/mol. The smallest absolute Gasteiger partial charge is 0.306 e. The highest BCUT2D eigenvalue weighted by Crippen LogP contribution is 2.25. The third kappa shape index (κ3) is 9.98. The van der Waals surface area contributed by atoms with Gasteiger partial charge in [-0.25, -0.2) is 0 Å². The second-order valence-corrected chi connectivity index (χ2v) is 5.89. The highest BCUT2D eigenvalue weighted by Gasteiger charge is 2.21. The molecule has 2 heteroatoms. The second kappa shape index (κ2) is 12.5. The molecule has 2 nitrogen and oxygen atoms in total. The quantitative estimate of drug-likeness (QED) is 0.439. The summed E-state index contributed by atoms with van der Waals surface area (Å²) in [6.45, 7) is 6.61. The minimum Gasteiger partial charge on any atom is -0.481 e. The maximum absolute atomic E-state index is 11.3. The SMILES string of the molecule is CCCCCCCC(CC(CC)CCCC)C(=O)O. The molecule has 0 rings (SSSR count). The van der Waals surface area contributed by atoms with Gasteiger partial charge in [0.25, 0.3) is 0 Å². The number of unbranched alkanes of at least 4 members (excludes halogenated alkanes) is 5. The topological polar surface area (TPSA) is 37.3 Å². The molecule has 0 heterocycles. The van der Waals surface area contributed by atoms with Gasteiger partial charge in [0.2, 0.25) is 0 Å². The van der Waals surface area contributed by atoms with Crippen molar-refractivity contribution >= 4 is 5.97 Å². The lowest BCUT2D eigenvalue weighted by Crippen LogP contribution is -2.18. The Morgan fingerprint density at radius 1 is 0.895 bits per heavy atom. The summed E-state index contributed by atoms with van der Waals surface area (Å²) in [5.41, 5.74) is 0. The van der Waals surface area contributed by atoms with Gasteiger partial charge in [0, 0.05) is 0 Å². The lowest BCUT2D eigenvalue weighted by Gasteiger charge is -2.19. The summed E-state index contributed by atoms with van der Waals surface area (Å²) >= 11 is 0. The Balaban J connectivity index is 3.98. The maximum atomic E-state index is 11.3. The van der Waals surface area contributed by atoms with Gasteiger partial charge in [-0.3, -0.25) is 4.79 Å². The number of carboxylic acid groups (broad SMARTS) is 1. The van der Waals surface area contributed by atoms with Gasteiger partial charge < -0.3 is 5.11 Å². The van der Waals surface area contributed by atoms with Gasteiger partial charge in [-0.2, -0.15) is 0 Å². The van der Waals surface area contributed by atoms with E-state index < -0.39 is 5.97 Å². The van der Waals surface area contributed by atoms with E-state index in [0.717, 1.165) is 25.7 Å². The van der Waals surface area contributed by atoms with Crippen LogP contribution in [0.1, 0.15) is 91.4 Å². The van der Waals surface area contributed by atoms with E-state index >= 15 is 0 Å².